The molecule has 1 aromatic heterocycles. The quantitative estimate of drug-likeness (QED) is 0.889. The van der Waals surface area contributed by atoms with Gasteiger partial charge in [-0.15, -0.1) is 0 Å². The molecule has 1 heterocycles. The van der Waals surface area contributed by atoms with Gasteiger partial charge in [0, 0.05) is 42.5 Å². The highest BCUT2D eigenvalue weighted by atomic mass is 35.5. The van der Waals surface area contributed by atoms with Crippen LogP contribution in [0, 0.1) is 6.92 Å². The summed E-state index contributed by atoms with van der Waals surface area (Å²) in [6.45, 7) is 0.0180. The van der Waals surface area contributed by atoms with Gasteiger partial charge in [-0.25, -0.2) is 0 Å². The summed E-state index contributed by atoms with van der Waals surface area (Å²) in [6.07, 6.45) is 1.91. The van der Waals surface area contributed by atoms with E-state index in [1.165, 1.54) is 12.1 Å². The van der Waals surface area contributed by atoms with E-state index in [1.54, 1.807) is 10.7 Å². The zero-order valence-electron chi connectivity index (χ0n) is 11.7. The largest absolute Gasteiger partial charge is 0.434 e. The van der Waals surface area contributed by atoms with Crippen molar-refractivity contribution in [1.29, 1.82) is 0 Å². The maximum atomic E-state index is 12.4. The molecule has 0 atom stereocenters. The standard InChI is InChI=1S/C14H16ClF2N3O/c1-9-11(8-20(2)19-9)7-18-6-10-5-12(15)3-4-13(10)21-14(16)17/h3-5,8,14,18H,6-7H2,1-2H3. The summed E-state index contributed by atoms with van der Waals surface area (Å²) >= 11 is 5.89. The molecule has 0 radical (unpaired) electrons. The molecule has 2 rings (SSSR count). The van der Waals surface area contributed by atoms with Crippen LogP contribution in [0.3, 0.4) is 0 Å². The fourth-order valence-corrected chi connectivity index (χ4v) is 2.25. The highest BCUT2D eigenvalue weighted by Crippen LogP contribution is 2.24. The lowest BCUT2D eigenvalue weighted by molar-refractivity contribution is -0.0505. The highest BCUT2D eigenvalue weighted by molar-refractivity contribution is 6.30. The Hall–Kier alpha value is -1.66. The number of aryl methyl sites for hydroxylation is 2. The number of alkyl halides is 2. The highest BCUT2D eigenvalue weighted by Gasteiger charge is 2.10. The zero-order chi connectivity index (χ0) is 15.4. The summed E-state index contributed by atoms with van der Waals surface area (Å²) < 4.78 is 30.9. The molecule has 4 nitrogen and oxygen atoms in total. The molecule has 21 heavy (non-hydrogen) atoms. The third-order valence-corrected chi connectivity index (χ3v) is 3.22. The normalized spacial score (nSPS) is 11.1. The molecule has 0 aliphatic rings. The van der Waals surface area contributed by atoms with Crippen molar-refractivity contribution in [2.45, 2.75) is 26.6 Å². The first kappa shape index (κ1) is 15.7. The second-order valence-corrected chi connectivity index (χ2v) is 5.08. The summed E-state index contributed by atoms with van der Waals surface area (Å²) in [7, 11) is 1.85. The number of ether oxygens (including phenoxy) is 1. The predicted octanol–water partition coefficient (Wildman–Crippen LogP) is 3.27. The van der Waals surface area contributed by atoms with E-state index in [-0.39, 0.29) is 5.75 Å². The minimum Gasteiger partial charge on any atom is -0.434 e. The lowest BCUT2D eigenvalue weighted by Gasteiger charge is -2.12. The van der Waals surface area contributed by atoms with E-state index < -0.39 is 6.61 Å². The molecule has 0 saturated carbocycles. The average molecular weight is 316 g/mol. The molecule has 0 fully saturated rings. The van der Waals surface area contributed by atoms with Crippen molar-refractivity contribution < 1.29 is 13.5 Å². The van der Waals surface area contributed by atoms with Gasteiger partial charge in [0.05, 0.1) is 5.69 Å². The van der Waals surface area contributed by atoms with Gasteiger partial charge >= 0.3 is 6.61 Å². The molecule has 2 aromatic rings. The number of aromatic nitrogens is 2. The third-order valence-electron chi connectivity index (χ3n) is 2.98. The van der Waals surface area contributed by atoms with Crippen LogP contribution < -0.4 is 10.1 Å². The summed E-state index contributed by atoms with van der Waals surface area (Å²) in [6, 6.07) is 4.58. The lowest BCUT2D eigenvalue weighted by atomic mass is 10.2. The molecule has 1 aromatic carbocycles. The zero-order valence-corrected chi connectivity index (χ0v) is 12.5. The lowest BCUT2D eigenvalue weighted by Crippen LogP contribution is -2.14. The molecular weight excluding hydrogens is 300 g/mol. The molecule has 7 heteroatoms. The van der Waals surface area contributed by atoms with E-state index in [0.29, 0.717) is 23.7 Å². The Morgan fingerprint density at radius 3 is 2.67 bits per heavy atom. The second kappa shape index (κ2) is 6.87. The Balaban J connectivity index is 2.02. The molecule has 0 aliphatic heterocycles. The Morgan fingerprint density at radius 1 is 1.33 bits per heavy atom. The van der Waals surface area contributed by atoms with Crippen LogP contribution in [-0.4, -0.2) is 16.4 Å². The first-order chi connectivity index (χ1) is 9.95. The molecule has 114 valence electrons. The van der Waals surface area contributed by atoms with Crippen LogP contribution in [0.4, 0.5) is 8.78 Å². The number of hydrogen-bond donors (Lipinski definition) is 1. The van der Waals surface area contributed by atoms with Crippen LogP contribution in [0.15, 0.2) is 24.4 Å². The third kappa shape index (κ3) is 4.41. The molecule has 1 N–H and O–H groups in total. The number of nitrogens with one attached hydrogen (secondary N) is 1. The van der Waals surface area contributed by atoms with Crippen LogP contribution in [-0.2, 0) is 20.1 Å². The SMILES string of the molecule is Cc1nn(C)cc1CNCc1cc(Cl)ccc1OC(F)F. The number of rotatable bonds is 6. The van der Waals surface area contributed by atoms with Gasteiger partial charge in [0.25, 0.3) is 0 Å². The Morgan fingerprint density at radius 2 is 2.05 bits per heavy atom. The average Bonchev–Trinajstić information content (AvgIpc) is 2.71. The van der Waals surface area contributed by atoms with Gasteiger partial charge in [0.1, 0.15) is 5.75 Å². The Labute approximate surface area is 126 Å². The second-order valence-electron chi connectivity index (χ2n) is 4.65. The Kier molecular flexibility index (Phi) is 5.14. The predicted molar refractivity (Wildman–Crippen MR) is 76.6 cm³/mol. The van der Waals surface area contributed by atoms with E-state index in [9.17, 15) is 8.78 Å². The number of nitrogens with zero attached hydrogens (tertiary/aromatic N) is 2. The van der Waals surface area contributed by atoms with Crippen LogP contribution in [0.1, 0.15) is 16.8 Å². The minimum atomic E-state index is -2.86. The summed E-state index contributed by atoms with van der Waals surface area (Å²) in [5.74, 6) is 0.129. The molecule has 0 spiro atoms. The van der Waals surface area contributed by atoms with Gasteiger partial charge in [0.2, 0.25) is 0 Å². The summed E-state index contributed by atoms with van der Waals surface area (Å²) in [5.41, 5.74) is 2.57. The topological polar surface area (TPSA) is 39.1 Å². The fraction of sp³-hybridized carbons (Fsp3) is 0.357. The fourth-order valence-electron chi connectivity index (χ4n) is 2.05. The van der Waals surface area contributed by atoms with E-state index in [0.717, 1.165) is 11.3 Å². The molecule has 0 unspecified atom stereocenters. The van der Waals surface area contributed by atoms with Gasteiger partial charge < -0.3 is 10.1 Å². The number of benzene rings is 1. The van der Waals surface area contributed by atoms with E-state index in [1.807, 2.05) is 20.2 Å². The number of halogens is 3. The van der Waals surface area contributed by atoms with E-state index in [4.69, 9.17) is 11.6 Å². The van der Waals surface area contributed by atoms with Gasteiger partial charge in [-0.1, -0.05) is 11.6 Å². The van der Waals surface area contributed by atoms with Gasteiger partial charge in [0.15, 0.2) is 0 Å². The van der Waals surface area contributed by atoms with Gasteiger partial charge in [-0.05, 0) is 25.1 Å². The molecule has 0 amide bonds. The van der Waals surface area contributed by atoms with Crippen molar-refractivity contribution >= 4 is 11.6 Å². The van der Waals surface area contributed by atoms with Crippen molar-refractivity contribution in [2.24, 2.45) is 7.05 Å². The van der Waals surface area contributed by atoms with Crippen LogP contribution in [0.25, 0.3) is 0 Å². The summed E-state index contributed by atoms with van der Waals surface area (Å²) in [5, 5.41) is 7.89. The summed E-state index contributed by atoms with van der Waals surface area (Å²) in [4.78, 5) is 0. The van der Waals surface area contributed by atoms with E-state index in [2.05, 4.69) is 15.2 Å². The smallest absolute Gasteiger partial charge is 0.387 e. The number of hydrogen-bond acceptors (Lipinski definition) is 3. The first-order valence-corrected chi connectivity index (χ1v) is 6.76. The maximum absolute atomic E-state index is 12.4. The Bertz CT molecular complexity index is 616. The van der Waals surface area contributed by atoms with E-state index >= 15 is 0 Å². The van der Waals surface area contributed by atoms with Crippen LogP contribution in [0.5, 0.6) is 5.75 Å². The monoisotopic (exact) mass is 315 g/mol. The van der Waals surface area contributed by atoms with Crippen molar-refractivity contribution in [3.63, 3.8) is 0 Å². The molecule has 0 saturated heterocycles. The maximum Gasteiger partial charge on any atom is 0.387 e. The van der Waals surface area contributed by atoms with Crippen molar-refractivity contribution in [3.8, 4) is 5.75 Å². The molecular formula is C14H16ClF2N3O. The van der Waals surface area contributed by atoms with Crippen molar-refractivity contribution in [2.75, 3.05) is 0 Å². The van der Waals surface area contributed by atoms with Crippen molar-refractivity contribution in [1.82, 2.24) is 15.1 Å². The first-order valence-electron chi connectivity index (χ1n) is 6.39. The van der Waals surface area contributed by atoms with Crippen molar-refractivity contribution in [3.05, 3.63) is 46.2 Å². The molecule has 0 aliphatic carbocycles. The minimum absolute atomic E-state index is 0.129. The van der Waals surface area contributed by atoms with Gasteiger partial charge in [-0.3, -0.25) is 4.68 Å². The van der Waals surface area contributed by atoms with Crippen LogP contribution in [0.2, 0.25) is 5.02 Å². The van der Waals surface area contributed by atoms with Gasteiger partial charge in [-0.2, -0.15) is 13.9 Å². The van der Waals surface area contributed by atoms with Crippen LogP contribution >= 0.6 is 11.6 Å². The molecule has 0 bridgehead atoms.